The monoisotopic (exact) mass is 421 g/mol. The number of benzene rings is 2. The van der Waals surface area contributed by atoms with Gasteiger partial charge in [-0.2, -0.15) is 0 Å². The lowest BCUT2D eigenvalue weighted by Crippen LogP contribution is -2.43. The fourth-order valence-corrected chi connectivity index (χ4v) is 3.66. The second-order valence-corrected chi connectivity index (χ2v) is 7.54. The first kappa shape index (κ1) is 20.2. The number of aliphatic imine (C=N–C) groups is 1. The van der Waals surface area contributed by atoms with Gasteiger partial charge in [0, 0.05) is 13.0 Å². The molecule has 2 aromatic carbocycles. The zero-order chi connectivity index (χ0) is 20.1. The van der Waals surface area contributed by atoms with E-state index >= 15 is 0 Å². The van der Waals surface area contributed by atoms with Gasteiger partial charge in [0.2, 0.25) is 11.8 Å². The van der Waals surface area contributed by atoms with Crippen LogP contribution in [0, 0.1) is 5.82 Å². The third-order valence-corrected chi connectivity index (χ3v) is 5.29. The first-order valence-corrected chi connectivity index (χ1v) is 9.61. The molecule has 0 bridgehead atoms. The molecule has 0 aromatic heterocycles. The Hall–Kier alpha value is -2.58. The van der Waals surface area contributed by atoms with Crippen molar-refractivity contribution >= 4 is 46.0 Å². The van der Waals surface area contributed by atoms with Crippen molar-refractivity contribution in [3.8, 4) is 5.75 Å². The highest BCUT2D eigenvalue weighted by atomic mass is 35.5. The predicted octanol–water partition coefficient (Wildman–Crippen LogP) is 3.41. The maximum atomic E-state index is 13.3. The van der Waals surface area contributed by atoms with Gasteiger partial charge in [-0.3, -0.25) is 9.59 Å². The molecule has 1 atom stereocenters. The Labute approximate surface area is 170 Å². The van der Waals surface area contributed by atoms with Gasteiger partial charge in [-0.05, 0) is 35.9 Å². The van der Waals surface area contributed by atoms with Crippen molar-refractivity contribution in [1.29, 1.82) is 0 Å². The van der Waals surface area contributed by atoms with E-state index in [0.29, 0.717) is 12.2 Å². The van der Waals surface area contributed by atoms with E-state index in [2.05, 4.69) is 15.6 Å². The summed E-state index contributed by atoms with van der Waals surface area (Å²) in [6.07, 6.45) is 0.0440. The lowest BCUT2D eigenvalue weighted by atomic mass is 10.2. The minimum atomic E-state index is -0.610. The van der Waals surface area contributed by atoms with Crippen LogP contribution in [0.4, 0.5) is 10.1 Å². The number of carbonyl (C=O) groups is 2. The van der Waals surface area contributed by atoms with Crippen LogP contribution in [-0.4, -0.2) is 29.3 Å². The fraction of sp³-hybridized carbons (Fsp3) is 0.211. The summed E-state index contributed by atoms with van der Waals surface area (Å²) in [5.41, 5.74) is 1.29. The fourth-order valence-electron chi connectivity index (χ4n) is 2.46. The number of amides is 2. The molecule has 2 aromatic rings. The first-order valence-electron chi connectivity index (χ1n) is 8.35. The lowest BCUT2D eigenvalue weighted by molar-refractivity contribution is -0.125. The van der Waals surface area contributed by atoms with E-state index in [0.717, 1.165) is 23.1 Å². The predicted molar refractivity (Wildman–Crippen MR) is 107 cm³/mol. The van der Waals surface area contributed by atoms with E-state index in [4.69, 9.17) is 16.3 Å². The van der Waals surface area contributed by atoms with Crippen LogP contribution in [-0.2, 0) is 16.1 Å². The molecule has 0 spiro atoms. The number of carbonyl (C=O) groups excluding carboxylic acids is 2. The number of nitrogens with zero attached hydrogens (tertiary/aromatic N) is 1. The summed E-state index contributed by atoms with van der Waals surface area (Å²) in [7, 11) is 1.58. The van der Waals surface area contributed by atoms with E-state index in [1.54, 1.807) is 7.11 Å². The summed E-state index contributed by atoms with van der Waals surface area (Å²) in [5, 5.41) is 5.03. The van der Waals surface area contributed by atoms with Gasteiger partial charge >= 0.3 is 0 Å². The number of ether oxygens (including phenoxy) is 1. The zero-order valence-electron chi connectivity index (χ0n) is 14.9. The largest absolute Gasteiger partial charge is 0.497 e. The Morgan fingerprint density at radius 2 is 2.11 bits per heavy atom. The minimum absolute atomic E-state index is 0.0440. The molecule has 0 radical (unpaired) electrons. The SMILES string of the molecule is COc1ccc(CNC(=O)[C@H]2CC(=O)NC(=Nc3ccc(F)c(Cl)c3)S2)cc1. The molecule has 1 fully saturated rings. The molecule has 1 aliphatic rings. The van der Waals surface area contributed by atoms with Crippen molar-refractivity contribution in [3.63, 3.8) is 0 Å². The third kappa shape index (κ3) is 5.24. The summed E-state index contributed by atoms with van der Waals surface area (Å²) in [6.45, 7) is 0.335. The van der Waals surface area contributed by atoms with Crippen molar-refractivity contribution in [2.45, 2.75) is 18.2 Å². The second kappa shape index (κ2) is 9.07. The maximum Gasteiger partial charge on any atom is 0.234 e. The van der Waals surface area contributed by atoms with Crippen LogP contribution in [0.2, 0.25) is 5.02 Å². The van der Waals surface area contributed by atoms with Gasteiger partial charge in [0.05, 0.1) is 23.1 Å². The van der Waals surface area contributed by atoms with Gasteiger partial charge in [0.15, 0.2) is 5.17 Å². The number of hydrogen-bond acceptors (Lipinski definition) is 5. The average molecular weight is 422 g/mol. The van der Waals surface area contributed by atoms with E-state index in [-0.39, 0.29) is 28.4 Å². The molecule has 2 amide bonds. The summed E-state index contributed by atoms with van der Waals surface area (Å²) < 4.78 is 18.4. The molecule has 1 aliphatic heterocycles. The molecule has 1 heterocycles. The molecule has 28 heavy (non-hydrogen) atoms. The zero-order valence-corrected chi connectivity index (χ0v) is 16.4. The van der Waals surface area contributed by atoms with Crippen LogP contribution in [0.15, 0.2) is 47.5 Å². The van der Waals surface area contributed by atoms with Gasteiger partial charge in [0.25, 0.3) is 0 Å². The van der Waals surface area contributed by atoms with Crippen LogP contribution in [0.1, 0.15) is 12.0 Å². The Balaban J connectivity index is 1.64. The van der Waals surface area contributed by atoms with Crippen LogP contribution in [0.3, 0.4) is 0 Å². The number of amidine groups is 1. The molecule has 9 heteroatoms. The number of methoxy groups -OCH3 is 1. The Kier molecular flexibility index (Phi) is 6.53. The highest BCUT2D eigenvalue weighted by Gasteiger charge is 2.30. The van der Waals surface area contributed by atoms with Crippen LogP contribution < -0.4 is 15.4 Å². The quantitative estimate of drug-likeness (QED) is 0.775. The standard InChI is InChI=1S/C19H17ClFN3O3S/c1-27-13-5-2-11(3-6-13)10-22-18(26)16-9-17(25)24-19(28-16)23-12-4-7-15(21)14(20)8-12/h2-8,16H,9-10H2,1H3,(H,22,26)(H,23,24,25)/t16-/m1/s1. The smallest absolute Gasteiger partial charge is 0.234 e. The molecule has 2 N–H and O–H groups in total. The topological polar surface area (TPSA) is 79.8 Å². The summed E-state index contributed by atoms with van der Waals surface area (Å²) in [5.74, 6) is -0.395. The Morgan fingerprint density at radius 1 is 1.36 bits per heavy atom. The summed E-state index contributed by atoms with van der Waals surface area (Å²) >= 11 is 6.89. The maximum absolute atomic E-state index is 13.3. The highest BCUT2D eigenvalue weighted by Crippen LogP contribution is 2.26. The number of thioether (sulfide) groups is 1. The molecule has 0 saturated carbocycles. The molecule has 0 unspecified atom stereocenters. The summed E-state index contributed by atoms with van der Waals surface area (Å²) in [6, 6.07) is 11.3. The first-order chi connectivity index (χ1) is 13.4. The molecular weight excluding hydrogens is 405 g/mol. The molecule has 146 valence electrons. The minimum Gasteiger partial charge on any atom is -0.497 e. The lowest BCUT2D eigenvalue weighted by Gasteiger charge is -2.22. The van der Waals surface area contributed by atoms with Crippen molar-refractivity contribution in [3.05, 3.63) is 58.9 Å². The van der Waals surface area contributed by atoms with Crippen molar-refractivity contribution < 1.29 is 18.7 Å². The molecular formula is C19H17ClFN3O3S. The number of nitrogens with one attached hydrogen (secondary N) is 2. The van der Waals surface area contributed by atoms with Gasteiger partial charge in [-0.15, -0.1) is 0 Å². The highest BCUT2D eigenvalue weighted by molar-refractivity contribution is 8.15. The molecule has 0 aliphatic carbocycles. The van der Waals surface area contributed by atoms with E-state index in [1.165, 1.54) is 18.2 Å². The van der Waals surface area contributed by atoms with Gasteiger partial charge in [-0.1, -0.05) is 35.5 Å². The van der Waals surface area contributed by atoms with Crippen LogP contribution >= 0.6 is 23.4 Å². The van der Waals surface area contributed by atoms with Gasteiger partial charge in [-0.25, -0.2) is 9.38 Å². The summed E-state index contributed by atoms with van der Waals surface area (Å²) in [4.78, 5) is 28.7. The molecule has 6 nitrogen and oxygen atoms in total. The van der Waals surface area contributed by atoms with Crippen LogP contribution in [0.25, 0.3) is 0 Å². The number of halogens is 2. The Morgan fingerprint density at radius 3 is 2.79 bits per heavy atom. The van der Waals surface area contributed by atoms with Crippen LogP contribution in [0.5, 0.6) is 5.75 Å². The average Bonchev–Trinajstić information content (AvgIpc) is 2.69. The van der Waals surface area contributed by atoms with E-state index < -0.39 is 11.1 Å². The molecule has 1 saturated heterocycles. The van der Waals surface area contributed by atoms with Crippen molar-refractivity contribution in [2.75, 3.05) is 7.11 Å². The van der Waals surface area contributed by atoms with Crippen molar-refractivity contribution in [2.24, 2.45) is 4.99 Å². The second-order valence-electron chi connectivity index (χ2n) is 5.94. The van der Waals surface area contributed by atoms with Crippen molar-refractivity contribution in [1.82, 2.24) is 10.6 Å². The molecule has 3 rings (SSSR count). The third-order valence-electron chi connectivity index (χ3n) is 3.92. The van der Waals surface area contributed by atoms with E-state index in [1.807, 2.05) is 24.3 Å². The Bertz CT molecular complexity index is 921. The normalized spacial score (nSPS) is 17.9. The van der Waals surface area contributed by atoms with E-state index in [9.17, 15) is 14.0 Å². The van der Waals surface area contributed by atoms with Gasteiger partial charge < -0.3 is 15.4 Å². The number of rotatable bonds is 5. The number of hydrogen-bond donors (Lipinski definition) is 2. The van der Waals surface area contributed by atoms with Gasteiger partial charge in [0.1, 0.15) is 11.6 Å².